The standard InChI is InChI=1S/C18H23N3/c1-15-6-5-11-19-18(15)14-20-16-9-12-21(13-10-16)17-7-3-2-4-8-17/h2-8,11,16,20H,9-10,12-14H2,1H3. The van der Waals surface area contributed by atoms with Gasteiger partial charge in [0.15, 0.2) is 0 Å². The highest BCUT2D eigenvalue weighted by Crippen LogP contribution is 2.19. The summed E-state index contributed by atoms with van der Waals surface area (Å²) < 4.78 is 0. The molecule has 2 aromatic rings. The van der Waals surface area contributed by atoms with Crippen LogP contribution in [-0.2, 0) is 6.54 Å². The van der Waals surface area contributed by atoms with Gasteiger partial charge in [-0.1, -0.05) is 24.3 Å². The molecule has 1 fully saturated rings. The zero-order chi connectivity index (χ0) is 14.5. The number of benzene rings is 1. The van der Waals surface area contributed by atoms with Crippen LogP contribution in [0.4, 0.5) is 5.69 Å². The van der Waals surface area contributed by atoms with Gasteiger partial charge in [0.1, 0.15) is 0 Å². The number of pyridine rings is 1. The molecule has 0 spiro atoms. The van der Waals surface area contributed by atoms with Gasteiger partial charge in [-0.15, -0.1) is 0 Å². The number of rotatable bonds is 4. The number of hydrogen-bond acceptors (Lipinski definition) is 3. The Kier molecular flexibility index (Phi) is 4.51. The van der Waals surface area contributed by atoms with E-state index in [-0.39, 0.29) is 0 Å². The summed E-state index contributed by atoms with van der Waals surface area (Å²) in [7, 11) is 0. The summed E-state index contributed by atoms with van der Waals surface area (Å²) in [4.78, 5) is 6.93. The molecule has 1 aromatic heterocycles. The number of hydrogen-bond donors (Lipinski definition) is 1. The molecule has 2 heterocycles. The average Bonchev–Trinajstić information content (AvgIpc) is 2.55. The molecule has 3 nitrogen and oxygen atoms in total. The van der Waals surface area contributed by atoms with Crippen LogP contribution in [0.3, 0.4) is 0 Å². The molecule has 1 N–H and O–H groups in total. The summed E-state index contributed by atoms with van der Waals surface area (Å²) in [5.74, 6) is 0. The molecule has 1 aromatic carbocycles. The Balaban J connectivity index is 1.49. The fourth-order valence-electron chi connectivity index (χ4n) is 2.93. The van der Waals surface area contributed by atoms with Crippen molar-refractivity contribution in [2.75, 3.05) is 18.0 Å². The number of aromatic nitrogens is 1. The maximum Gasteiger partial charge on any atom is 0.0570 e. The van der Waals surface area contributed by atoms with Gasteiger partial charge in [0.2, 0.25) is 0 Å². The van der Waals surface area contributed by atoms with E-state index in [1.54, 1.807) is 0 Å². The van der Waals surface area contributed by atoms with Crippen LogP contribution in [0.2, 0.25) is 0 Å². The number of anilines is 1. The SMILES string of the molecule is Cc1cccnc1CNC1CCN(c2ccccc2)CC1. The van der Waals surface area contributed by atoms with Crippen molar-refractivity contribution in [3.8, 4) is 0 Å². The molecule has 1 aliphatic rings. The van der Waals surface area contributed by atoms with Crippen molar-refractivity contribution < 1.29 is 0 Å². The lowest BCUT2D eigenvalue weighted by Crippen LogP contribution is -2.42. The molecular formula is C18H23N3. The van der Waals surface area contributed by atoms with Gasteiger partial charge >= 0.3 is 0 Å². The van der Waals surface area contributed by atoms with Gasteiger partial charge in [0.25, 0.3) is 0 Å². The molecule has 1 aliphatic heterocycles. The van der Waals surface area contributed by atoms with Crippen LogP contribution in [0.1, 0.15) is 24.1 Å². The van der Waals surface area contributed by atoms with E-state index >= 15 is 0 Å². The highest BCUT2D eigenvalue weighted by molar-refractivity contribution is 5.46. The Hall–Kier alpha value is -1.87. The van der Waals surface area contributed by atoms with Crippen LogP contribution < -0.4 is 10.2 Å². The normalized spacial score (nSPS) is 16.1. The lowest BCUT2D eigenvalue weighted by molar-refractivity contribution is 0.411. The zero-order valence-electron chi connectivity index (χ0n) is 12.6. The predicted octanol–water partition coefficient (Wildman–Crippen LogP) is 3.15. The summed E-state index contributed by atoms with van der Waals surface area (Å²) in [5.41, 5.74) is 3.78. The van der Waals surface area contributed by atoms with Crippen molar-refractivity contribution >= 4 is 5.69 Å². The van der Waals surface area contributed by atoms with Crippen molar-refractivity contribution in [3.05, 3.63) is 59.9 Å². The number of aryl methyl sites for hydroxylation is 1. The van der Waals surface area contributed by atoms with Gasteiger partial charge in [0, 0.05) is 37.6 Å². The topological polar surface area (TPSA) is 28.2 Å². The molecule has 21 heavy (non-hydrogen) atoms. The first-order valence-corrected chi connectivity index (χ1v) is 7.77. The van der Waals surface area contributed by atoms with E-state index in [9.17, 15) is 0 Å². The highest BCUT2D eigenvalue weighted by atomic mass is 15.1. The number of para-hydroxylation sites is 1. The molecule has 1 saturated heterocycles. The zero-order valence-corrected chi connectivity index (χ0v) is 12.6. The first-order chi connectivity index (χ1) is 10.3. The van der Waals surface area contributed by atoms with Crippen molar-refractivity contribution in [1.29, 1.82) is 0 Å². The molecular weight excluding hydrogens is 258 g/mol. The summed E-state index contributed by atoms with van der Waals surface area (Å²) >= 11 is 0. The summed E-state index contributed by atoms with van der Waals surface area (Å²) in [5, 5.41) is 3.66. The van der Waals surface area contributed by atoms with E-state index in [0.717, 1.165) is 19.6 Å². The first-order valence-electron chi connectivity index (χ1n) is 7.77. The van der Waals surface area contributed by atoms with Crippen LogP contribution in [0.15, 0.2) is 48.7 Å². The number of piperidine rings is 1. The lowest BCUT2D eigenvalue weighted by atomic mass is 10.0. The minimum Gasteiger partial charge on any atom is -0.371 e. The first kappa shape index (κ1) is 14.1. The van der Waals surface area contributed by atoms with E-state index < -0.39 is 0 Å². The van der Waals surface area contributed by atoms with Crippen LogP contribution in [0.5, 0.6) is 0 Å². The summed E-state index contributed by atoms with van der Waals surface area (Å²) in [6, 6.07) is 15.4. The van der Waals surface area contributed by atoms with Gasteiger partial charge in [-0.25, -0.2) is 0 Å². The third-order valence-electron chi connectivity index (χ3n) is 4.29. The lowest BCUT2D eigenvalue weighted by Gasteiger charge is -2.34. The summed E-state index contributed by atoms with van der Waals surface area (Å²) in [6.07, 6.45) is 4.27. The smallest absolute Gasteiger partial charge is 0.0570 e. The van der Waals surface area contributed by atoms with Gasteiger partial charge in [0.05, 0.1) is 5.69 Å². The maximum atomic E-state index is 4.45. The second kappa shape index (κ2) is 6.72. The van der Waals surface area contributed by atoms with Gasteiger partial charge in [-0.2, -0.15) is 0 Å². The average molecular weight is 281 g/mol. The Morgan fingerprint density at radius 1 is 1.10 bits per heavy atom. The highest BCUT2D eigenvalue weighted by Gasteiger charge is 2.19. The second-order valence-corrected chi connectivity index (χ2v) is 5.74. The van der Waals surface area contributed by atoms with Crippen molar-refractivity contribution in [2.24, 2.45) is 0 Å². The quantitative estimate of drug-likeness (QED) is 0.933. The maximum absolute atomic E-state index is 4.45. The molecule has 0 bridgehead atoms. The van der Waals surface area contributed by atoms with Gasteiger partial charge < -0.3 is 10.2 Å². The molecule has 3 heteroatoms. The molecule has 3 rings (SSSR count). The number of nitrogens with one attached hydrogen (secondary N) is 1. The van der Waals surface area contributed by atoms with Crippen LogP contribution in [0, 0.1) is 6.92 Å². The van der Waals surface area contributed by atoms with Crippen molar-refractivity contribution in [2.45, 2.75) is 32.4 Å². The van der Waals surface area contributed by atoms with E-state index in [2.05, 4.69) is 58.5 Å². The summed E-state index contributed by atoms with van der Waals surface area (Å²) in [6.45, 7) is 5.26. The van der Waals surface area contributed by atoms with Crippen molar-refractivity contribution in [1.82, 2.24) is 10.3 Å². The fourth-order valence-corrected chi connectivity index (χ4v) is 2.93. The Morgan fingerprint density at radius 3 is 2.57 bits per heavy atom. The van der Waals surface area contributed by atoms with Gasteiger partial charge in [-0.05, 0) is 43.5 Å². The monoisotopic (exact) mass is 281 g/mol. The van der Waals surface area contributed by atoms with Crippen molar-refractivity contribution in [3.63, 3.8) is 0 Å². The largest absolute Gasteiger partial charge is 0.371 e. The predicted molar refractivity (Wildman–Crippen MR) is 87.5 cm³/mol. The molecule has 0 atom stereocenters. The third kappa shape index (κ3) is 3.61. The molecule has 0 unspecified atom stereocenters. The van der Waals surface area contributed by atoms with E-state index in [1.165, 1.54) is 29.8 Å². The minimum atomic E-state index is 0.603. The van der Waals surface area contributed by atoms with E-state index in [4.69, 9.17) is 0 Å². The Morgan fingerprint density at radius 2 is 1.86 bits per heavy atom. The Labute approximate surface area is 127 Å². The molecule has 110 valence electrons. The van der Waals surface area contributed by atoms with Crippen LogP contribution in [0.25, 0.3) is 0 Å². The van der Waals surface area contributed by atoms with Crippen LogP contribution >= 0.6 is 0 Å². The molecule has 0 saturated carbocycles. The fraction of sp³-hybridized carbons (Fsp3) is 0.389. The van der Waals surface area contributed by atoms with Crippen LogP contribution in [-0.4, -0.2) is 24.1 Å². The second-order valence-electron chi connectivity index (χ2n) is 5.74. The Bertz CT molecular complexity index is 560. The minimum absolute atomic E-state index is 0.603. The molecule has 0 radical (unpaired) electrons. The van der Waals surface area contributed by atoms with E-state index in [1.807, 2.05) is 12.3 Å². The van der Waals surface area contributed by atoms with Gasteiger partial charge in [-0.3, -0.25) is 4.98 Å². The molecule has 0 aliphatic carbocycles. The third-order valence-corrected chi connectivity index (χ3v) is 4.29. The molecule has 0 amide bonds. The van der Waals surface area contributed by atoms with E-state index in [0.29, 0.717) is 6.04 Å². The number of nitrogens with zero attached hydrogens (tertiary/aromatic N) is 2.